The average Bonchev–Trinajstić information content (AvgIpc) is 2.74. The maximum absolute atomic E-state index is 11.0. The summed E-state index contributed by atoms with van der Waals surface area (Å²) >= 11 is 0. The zero-order valence-corrected chi connectivity index (χ0v) is 10.5. The summed E-state index contributed by atoms with van der Waals surface area (Å²) in [5, 5.41) is 9.00. The molecule has 1 N–H and O–H groups in total. The Morgan fingerprint density at radius 2 is 2.11 bits per heavy atom. The number of hydrogen-bond donors (Lipinski definition) is 1. The van der Waals surface area contributed by atoms with E-state index in [-0.39, 0.29) is 0 Å². The Kier molecular flexibility index (Phi) is 3.51. The molecule has 0 amide bonds. The van der Waals surface area contributed by atoms with Crippen LogP contribution in [0.15, 0.2) is 40.8 Å². The molecular formula is C15H16O3. The second kappa shape index (κ2) is 5.08. The largest absolute Gasteiger partial charge is 0.481 e. The van der Waals surface area contributed by atoms with Gasteiger partial charge in [-0.3, -0.25) is 4.79 Å². The normalized spacial score (nSPS) is 12.3. The van der Waals surface area contributed by atoms with Gasteiger partial charge < -0.3 is 9.52 Å². The molecule has 1 unspecified atom stereocenters. The number of hydrogen-bond acceptors (Lipinski definition) is 2. The number of carboxylic acid groups (broad SMARTS) is 1. The van der Waals surface area contributed by atoms with Gasteiger partial charge in [0.05, 0.1) is 5.92 Å². The molecule has 0 fully saturated rings. The molecule has 0 aliphatic carbocycles. The summed E-state index contributed by atoms with van der Waals surface area (Å²) in [5.41, 5.74) is 1.89. The fourth-order valence-electron chi connectivity index (χ4n) is 1.90. The lowest BCUT2D eigenvalue weighted by Gasteiger charge is -2.08. The molecule has 1 aromatic carbocycles. The van der Waals surface area contributed by atoms with Gasteiger partial charge >= 0.3 is 5.97 Å². The second-order valence-corrected chi connectivity index (χ2v) is 4.49. The zero-order valence-electron chi connectivity index (χ0n) is 10.5. The molecule has 3 heteroatoms. The van der Waals surface area contributed by atoms with Gasteiger partial charge in [0.15, 0.2) is 0 Å². The van der Waals surface area contributed by atoms with E-state index in [1.165, 1.54) is 0 Å². The van der Waals surface area contributed by atoms with Gasteiger partial charge in [0.25, 0.3) is 0 Å². The van der Waals surface area contributed by atoms with Crippen molar-refractivity contribution < 1.29 is 14.3 Å². The van der Waals surface area contributed by atoms with E-state index >= 15 is 0 Å². The molecule has 0 saturated carbocycles. The Morgan fingerprint density at radius 1 is 1.33 bits per heavy atom. The Balaban J connectivity index is 2.19. The fourth-order valence-corrected chi connectivity index (χ4v) is 1.90. The zero-order chi connectivity index (χ0) is 13.1. The van der Waals surface area contributed by atoms with Crippen molar-refractivity contribution in [2.24, 2.45) is 0 Å². The van der Waals surface area contributed by atoms with Crippen LogP contribution in [0.5, 0.6) is 0 Å². The van der Waals surface area contributed by atoms with Crippen LogP contribution in [0.2, 0.25) is 0 Å². The molecule has 0 spiro atoms. The molecule has 1 atom stereocenters. The minimum absolute atomic E-state index is 0.483. The number of aryl methyl sites for hydroxylation is 1. The van der Waals surface area contributed by atoms with Gasteiger partial charge in [-0.05, 0) is 37.1 Å². The number of furan rings is 1. The summed E-state index contributed by atoms with van der Waals surface area (Å²) in [6.07, 6.45) is 0.689. The Labute approximate surface area is 106 Å². The molecule has 0 aliphatic rings. The summed E-state index contributed by atoms with van der Waals surface area (Å²) < 4.78 is 5.52. The first-order valence-corrected chi connectivity index (χ1v) is 5.93. The summed E-state index contributed by atoms with van der Waals surface area (Å²) in [5.74, 6) is 0.497. The highest BCUT2D eigenvalue weighted by molar-refractivity contribution is 5.75. The molecule has 0 saturated heterocycles. The Morgan fingerprint density at radius 3 is 2.72 bits per heavy atom. The number of benzene rings is 1. The van der Waals surface area contributed by atoms with Crippen molar-refractivity contribution in [2.75, 3.05) is 0 Å². The monoisotopic (exact) mass is 244 g/mol. The first-order valence-electron chi connectivity index (χ1n) is 5.93. The number of carbonyl (C=O) groups is 1. The van der Waals surface area contributed by atoms with Crippen molar-refractivity contribution in [2.45, 2.75) is 26.2 Å². The maximum Gasteiger partial charge on any atom is 0.310 e. The third-order valence-corrected chi connectivity index (χ3v) is 3.00. The van der Waals surface area contributed by atoms with Gasteiger partial charge in [-0.1, -0.05) is 24.3 Å². The first-order chi connectivity index (χ1) is 8.56. The van der Waals surface area contributed by atoms with Gasteiger partial charge in [-0.25, -0.2) is 0 Å². The lowest BCUT2D eigenvalue weighted by atomic mass is 9.98. The van der Waals surface area contributed by atoms with E-state index in [0.717, 1.165) is 22.6 Å². The van der Waals surface area contributed by atoms with Crippen molar-refractivity contribution >= 4 is 5.97 Å². The molecule has 0 aliphatic heterocycles. The predicted molar refractivity (Wildman–Crippen MR) is 68.7 cm³/mol. The third kappa shape index (κ3) is 2.80. The van der Waals surface area contributed by atoms with Crippen LogP contribution in [0.4, 0.5) is 0 Å². The minimum Gasteiger partial charge on any atom is -0.481 e. The topological polar surface area (TPSA) is 50.4 Å². The van der Waals surface area contributed by atoms with Crippen molar-refractivity contribution in [3.63, 3.8) is 0 Å². The molecule has 2 aromatic rings. The highest BCUT2D eigenvalue weighted by atomic mass is 16.4. The molecule has 2 rings (SSSR count). The molecule has 1 aromatic heterocycles. The smallest absolute Gasteiger partial charge is 0.310 e. The molecule has 94 valence electrons. The minimum atomic E-state index is -0.805. The van der Waals surface area contributed by atoms with E-state index in [2.05, 4.69) is 0 Å². The van der Waals surface area contributed by atoms with Crippen LogP contribution in [0.1, 0.15) is 35.5 Å². The number of aliphatic carboxylic acids is 1. The van der Waals surface area contributed by atoms with Crippen molar-refractivity contribution in [3.8, 4) is 0 Å². The van der Waals surface area contributed by atoms with Crippen molar-refractivity contribution in [3.05, 3.63) is 59.0 Å². The van der Waals surface area contributed by atoms with E-state index in [0.29, 0.717) is 6.42 Å². The molecule has 0 bridgehead atoms. The lowest BCUT2D eigenvalue weighted by Crippen LogP contribution is -2.07. The molecule has 1 heterocycles. The van der Waals surface area contributed by atoms with E-state index in [1.807, 2.05) is 43.3 Å². The predicted octanol–water partition coefficient (Wildman–Crippen LogP) is 3.37. The molecule has 18 heavy (non-hydrogen) atoms. The van der Waals surface area contributed by atoms with Crippen LogP contribution >= 0.6 is 0 Å². The van der Waals surface area contributed by atoms with Crippen LogP contribution in [0, 0.1) is 6.92 Å². The summed E-state index contributed by atoms with van der Waals surface area (Å²) in [4.78, 5) is 11.0. The van der Waals surface area contributed by atoms with Crippen LogP contribution in [0.3, 0.4) is 0 Å². The third-order valence-electron chi connectivity index (χ3n) is 3.00. The molecule has 0 radical (unpaired) electrons. The summed E-state index contributed by atoms with van der Waals surface area (Å²) in [6.45, 7) is 3.60. The summed E-state index contributed by atoms with van der Waals surface area (Å²) in [6, 6.07) is 11.5. The van der Waals surface area contributed by atoms with Gasteiger partial charge in [-0.2, -0.15) is 0 Å². The number of carboxylic acids is 1. The lowest BCUT2D eigenvalue weighted by molar-refractivity contribution is -0.138. The SMILES string of the molecule is Cc1ccc(Cc2cccc(C(C)C(=O)O)c2)o1. The van der Waals surface area contributed by atoms with Crippen LogP contribution < -0.4 is 0 Å². The fraction of sp³-hybridized carbons (Fsp3) is 0.267. The van der Waals surface area contributed by atoms with Crippen LogP contribution in [-0.2, 0) is 11.2 Å². The van der Waals surface area contributed by atoms with Gasteiger partial charge in [0, 0.05) is 6.42 Å². The van der Waals surface area contributed by atoms with Crippen molar-refractivity contribution in [1.82, 2.24) is 0 Å². The van der Waals surface area contributed by atoms with E-state index in [4.69, 9.17) is 9.52 Å². The van der Waals surface area contributed by atoms with E-state index in [1.54, 1.807) is 6.92 Å². The molecule has 3 nitrogen and oxygen atoms in total. The van der Waals surface area contributed by atoms with Gasteiger partial charge in [0.1, 0.15) is 11.5 Å². The highest BCUT2D eigenvalue weighted by Crippen LogP contribution is 2.19. The van der Waals surface area contributed by atoms with Crippen LogP contribution in [0.25, 0.3) is 0 Å². The quantitative estimate of drug-likeness (QED) is 0.897. The molecular weight excluding hydrogens is 228 g/mol. The Hall–Kier alpha value is -2.03. The van der Waals surface area contributed by atoms with E-state index in [9.17, 15) is 4.79 Å². The number of rotatable bonds is 4. The maximum atomic E-state index is 11.0. The van der Waals surface area contributed by atoms with Gasteiger partial charge in [-0.15, -0.1) is 0 Å². The van der Waals surface area contributed by atoms with Gasteiger partial charge in [0.2, 0.25) is 0 Å². The second-order valence-electron chi connectivity index (χ2n) is 4.49. The summed E-state index contributed by atoms with van der Waals surface area (Å²) in [7, 11) is 0. The standard InChI is InChI=1S/C15H16O3/c1-10-6-7-14(18-10)9-12-4-3-5-13(8-12)11(2)15(16)17/h3-8,11H,9H2,1-2H3,(H,16,17). The highest BCUT2D eigenvalue weighted by Gasteiger charge is 2.13. The first kappa shape index (κ1) is 12.4. The average molecular weight is 244 g/mol. The van der Waals surface area contributed by atoms with E-state index < -0.39 is 11.9 Å². The van der Waals surface area contributed by atoms with Crippen LogP contribution in [-0.4, -0.2) is 11.1 Å². The Bertz CT molecular complexity index is 554. The van der Waals surface area contributed by atoms with Crippen molar-refractivity contribution in [1.29, 1.82) is 0 Å².